The standard InChI is InChI=1S/C19H29N3O/c1-4-17-6-7-20-19(17)18(5-1)15-22-8-2-3-16(14-22)13-21-9-11-23-12-10-21/h1,4-5,16,20H,2-3,6-15H2/t16-/m1/s1. The highest BCUT2D eigenvalue weighted by Gasteiger charge is 2.24. The third-order valence-electron chi connectivity index (χ3n) is 5.55. The summed E-state index contributed by atoms with van der Waals surface area (Å²) < 4.78 is 5.47. The molecule has 1 N–H and O–H groups in total. The van der Waals surface area contributed by atoms with Crippen LogP contribution in [0.5, 0.6) is 0 Å². The van der Waals surface area contributed by atoms with Crippen molar-refractivity contribution in [2.24, 2.45) is 5.92 Å². The zero-order chi connectivity index (χ0) is 15.5. The summed E-state index contributed by atoms with van der Waals surface area (Å²) in [5.74, 6) is 0.826. The molecule has 1 aromatic carbocycles. The fourth-order valence-corrected chi connectivity index (χ4v) is 4.38. The second-order valence-electron chi connectivity index (χ2n) is 7.28. The topological polar surface area (TPSA) is 27.7 Å². The van der Waals surface area contributed by atoms with E-state index in [-0.39, 0.29) is 0 Å². The van der Waals surface area contributed by atoms with E-state index in [1.165, 1.54) is 55.7 Å². The van der Waals surface area contributed by atoms with Crippen LogP contribution in [-0.4, -0.2) is 62.3 Å². The number of nitrogens with one attached hydrogen (secondary N) is 1. The highest BCUT2D eigenvalue weighted by molar-refractivity contribution is 5.61. The molecule has 0 unspecified atom stereocenters. The third kappa shape index (κ3) is 3.70. The van der Waals surface area contributed by atoms with E-state index >= 15 is 0 Å². The molecule has 0 spiro atoms. The van der Waals surface area contributed by atoms with Gasteiger partial charge in [0.15, 0.2) is 0 Å². The summed E-state index contributed by atoms with van der Waals surface area (Å²) in [5, 5.41) is 3.59. The summed E-state index contributed by atoms with van der Waals surface area (Å²) in [5.41, 5.74) is 4.42. The first-order valence-electron chi connectivity index (χ1n) is 9.25. The molecular formula is C19H29N3O. The van der Waals surface area contributed by atoms with Crippen molar-refractivity contribution in [1.82, 2.24) is 9.80 Å². The first-order valence-corrected chi connectivity index (χ1v) is 9.25. The number of nitrogens with zero attached hydrogens (tertiary/aromatic N) is 2. The van der Waals surface area contributed by atoms with Crippen molar-refractivity contribution in [3.8, 4) is 0 Å². The Hall–Kier alpha value is -1.10. The van der Waals surface area contributed by atoms with E-state index in [1.54, 1.807) is 0 Å². The van der Waals surface area contributed by atoms with Crippen molar-refractivity contribution in [1.29, 1.82) is 0 Å². The fraction of sp³-hybridized carbons (Fsp3) is 0.684. The molecule has 1 aromatic rings. The number of benzene rings is 1. The van der Waals surface area contributed by atoms with E-state index < -0.39 is 0 Å². The molecule has 3 aliphatic rings. The number of morpholine rings is 1. The second kappa shape index (κ2) is 7.20. The molecule has 0 bridgehead atoms. The van der Waals surface area contributed by atoms with E-state index in [4.69, 9.17) is 4.74 Å². The molecule has 0 aliphatic carbocycles. The lowest BCUT2D eigenvalue weighted by Gasteiger charge is -2.37. The van der Waals surface area contributed by atoms with Gasteiger partial charge in [0.2, 0.25) is 0 Å². The zero-order valence-corrected chi connectivity index (χ0v) is 14.1. The first-order chi connectivity index (χ1) is 11.4. The van der Waals surface area contributed by atoms with Gasteiger partial charge >= 0.3 is 0 Å². The minimum absolute atomic E-state index is 0.826. The molecule has 0 saturated carbocycles. The van der Waals surface area contributed by atoms with Gasteiger partial charge in [0, 0.05) is 45.0 Å². The molecule has 0 aromatic heterocycles. The van der Waals surface area contributed by atoms with Crippen LogP contribution >= 0.6 is 0 Å². The lowest BCUT2D eigenvalue weighted by Crippen LogP contribution is -2.44. The normalized spacial score (nSPS) is 26.0. The number of ether oxygens (including phenoxy) is 1. The molecule has 3 aliphatic heterocycles. The van der Waals surface area contributed by atoms with Crippen molar-refractivity contribution in [2.45, 2.75) is 25.8 Å². The van der Waals surface area contributed by atoms with Crippen molar-refractivity contribution in [3.63, 3.8) is 0 Å². The monoisotopic (exact) mass is 315 g/mol. The number of anilines is 1. The van der Waals surface area contributed by atoms with Crippen molar-refractivity contribution in [2.75, 3.05) is 57.8 Å². The van der Waals surface area contributed by atoms with Gasteiger partial charge in [0.1, 0.15) is 0 Å². The Morgan fingerprint density at radius 2 is 2.04 bits per heavy atom. The molecule has 2 fully saturated rings. The number of rotatable bonds is 4. The summed E-state index contributed by atoms with van der Waals surface area (Å²) in [6, 6.07) is 6.81. The van der Waals surface area contributed by atoms with Crippen LogP contribution in [0.4, 0.5) is 5.69 Å². The maximum Gasteiger partial charge on any atom is 0.0594 e. The van der Waals surface area contributed by atoms with Crippen molar-refractivity contribution >= 4 is 5.69 Å². The van der Waals surface area contributed by atoms with Crippen LogP contribution in [0.15, 0.2) is 18.2 Å². The van der Waals surface area contributed by atoms with Gasteiger partial charge in [0.25, 0.3) is 0 Å². The third-order valence-corrected chi connectivity index (χ3v) is 5.55. The SMILES string of the molecule is c1cc2c(c(CN3CCC[C@H](CN4CCOCC4)C3)c1)NCC2. The van der Waals surface area contributed by atoms with Gasteiger partial charge in [-0.2, -0.15) is 0 Å². The lowest BCUT2D eigenvalue weighted by atomic mass is 9.96. The lowest BCUT2D eigenvalue weighted by molar-refractivity contribution is 0.0224. The van der Waals surface area contributed by atoms with Gasteiger partial charge in [-0.05, 0) is 42.9 Å². The molecular weight excluding hydrogens is 286 g/mol. The van der Waals surface area contributed by atoms with Crippen LogP contribution in [0, 0.1) is 5.92 Å². The van der Waals surface area contributed by atoms with Crippen LogP contribution in [0.1, 0.15) is 24.0 Å². The number of para-hydroxylation sites is 1. The van der Waals surface area contributed by atoms with Gasteiger partial charge in [-0.3, -0.25) is 9.80 Å². The smallest absolute Gasteiger partial charge is 0.0594 e. The average Bonchev–Trinajstić information content (AvgIpc) is 3.06. The molecule has 0 amide bonds. The quantitative estimate of drug-likeness (QED) is 0.922. The minimum Gasteiger partial charge on any atom is -0.384 e. The van der Waals surface area contributed by atoms with Crippen LogP contribution in [0.25, 0.3) is 0 Å². The number of hydrogen-bond donors (Lipinski definition) is 1. The van der Waals surface area contributed by atoms with E-state index in [9.17, 15) is 0 Å². The maximum atomic E-state index is 5.47. The summed E-state index contributed by atoms with van der Waals surface area (Å²) >= 11 is 0. The Morgan fingerprint density at radius 3 is 2.96 bits per heavy atom. The van der Waals surface area contributed by atoms with E-state index in [1.807, 2.05) is 0 Å². The molecule has 4 heteroatoms. The van der Waals surface area contributed by atoms with Gasteiger partial charge in [-0.15, -0.1) is 0 Å². The van der Waals surface area contributed by atoms with Crippen LogP contribution in [-0.2, 0) is 17.7 Å². The highest BCUT2D eigenvalue weighted by Crippen LogP contribution is 2.29. The first kappa shape index (κ1) is 15.4. The molecule has 4 rings (SSSR count). The van der Waals surface area contributed by atoms with Crippen LogP contribution in [0.3, 0.4) is 0 Å². The number of likely N-dealkylation sites (tertiary alicyclic amines) is 1. The molecule has 126 valence electrons. The number of piperidine rings is 1. The Morgan fingerprint density at radius 1 is 1.13 bits per heavy atom. The Kier molecular flexibility index (Phi) is 4.83. The maximum absolute atomic E-state index is 5.47. The van der Waals surface area contributed by atoms with Gasteiger partial charge in [-0.1, -0.05) is 18.2 Å². The molecule has 23 heavy (non-hydrogen) atoms. The van der Waals surface area contributed by atoms with E-state index in [0.717, 1.165) is 45.3 Å². The summed E-state index contributed by atoms with van der Waals surface area (Å²) in [6.45, 7) is 10.0. The largest absolute Gasteiger partial charge is 0.384 e. The predicted molar refractivity (Wildman–Crippen MR) is 93.9 cm³/mol. The van der Waals surface area contributed by atoms with Crippen molar-refractivity contribution in [3.05, 3.63) is 29.3 Å². The van der Waals surface area contributed by atoms with Gasteiger partial charge < -0.3 is 10.1 Å². The Bertz CT molecular complexity index is 527. The van der Waals surface area contributed by atoms with Crippen LogP contribution in [0.2, 0.25) is 0 Å². The van der Waals surface area contributed by atoms with Crippen LogP contribution < -0.4 is 5.32 Å². The second-order valence-corrected chi connectivity index (χ2v) is 7.28. The summed E-state index contributed by atoms with van der Waals surface area (Å²) in [4.78, 5) is 5.27. The predicted octanol–water partition coefficient (Wildman–Crippen LogP) is 2.20. The fourth-order valence-electron chi connectivity index (χ4n) is 4.38. The van der Waals surface area contributed by atoms with Gasteiger partial charge in [0.05, 0.1) is 13.2 Å². The van der Waals surface area contributed by atoms with Crippen molar-refractivity contribution < 1.29 is 4.74 Å². The number of fused-ring (bicyclic) bond motifs is 1. The van der Waals surface area contributed by atoms with E-state index in [0.29, 0.717) is 0 Å². The minimum atomic E-state index is 0.826. The molecule has 4 nitrogen and oxygen atoms in total. The average molecular weight is 315 g/mol. The van der Waals surface area contributed by atoms with E-state index in [2.05, 4.69) is 33.3 Å². The molecule has 3 heterocycles. The zero-order valence-electron chi connectivity index (χ0n) is 14.1. The number of hydrogen-bond acceptors (Lipinski definition) is 4. The summed E-state index contributed by atoms with van der Waals surface area (Å²) in [7, 11) is 0. The summed E-state index contributed by atoms with van der Waals surface area (Å²) in [6.07, 6.45) is 3.92. The van der Waals surface area contributed by atoms with Gasteiger partial charge in [-0.25, -0.2) is 0 Å². The molecule has 0 radical (unpaired) electrons. The Balaban J connectivity index is 1.35. The molecule has 1 atom stereocenters. The Labute approximate surface area is 139 Å². The highest BCUT2D eigenvalue weighted by atomic mass is 16.5. The molecule has 2 saturated heterocycles.